The van der Waals surface area contributed by atoms with Crippen molar-refractivity contribution in [2.75, 3.05) is 5.33 Å². The fraction of sp³-hybridized carbons (Fsp3) is 0.308. The third-order valence-electron chi connectivity index (χ3n) is 2.80. The fourth-order valence-corrected chi connectivity index (χ4v) is 1.90. The lowest BCUT2D eigenvalue weighted by Crippen LogP contribution is -2.01. The summed E-state index contributed by atoms with van der Waals surface area (Å²) in [7, 11) is 0. The minimum Gasteiger partial charge on any atom is -0.197 e. The van der Waals surface area contributed by atoms with E-state index in [1.54, 1.807) is 0 Å². The Balaban J connectivity index is 2.28. The molecule has 1 fully saturated rings. The molecule has 0 spiro atoms. The largest absolute Gasteiger partial charge is 0.197 e. The molecule has 0 bridgehead atoms. The number of hydrogen-bond acceptors (Lipinski definition) is 1. The molecule has 1 aromatic carbocycles. The molecule has 2 heteroatoms. The van der Waals surface area contributed by atoms with E-state index in [-0.39, 0.29) is 5.41 Å². The molecule has 0 N–H and O–H groups in total. The second-order valence-corrected chi connectivity index (χ2v) is 4.52. The van der Waals surface area contributed by atoms with Crippen molar-refractivity contribution < 1.29 is 0 Å². The van der Waals surface area contributed by atoms with Crippen LogP contribution in [0.1, 0.15) is 24.0 Å². The average Bonchev–Trinajstić information content (AvgIpc) is 3.08. The Kier molecular flexibility index (Phi) is 2.93. The highest BCUT2D eigenvalue weighted by Gasteiger charge is 2.44. The first kappa shape index (κ1) is 10.4. The van der Waals surface area contributed by atoms with Gasteiger partial charge in [-0.3, -0.25) is 0 Å². The van der Waals surface area contributed by atoms with Crippen molar-refractivity contribution in [1.82, 2.24) is 0 Å². The molecule has 2 rings (SSSR count). The number of hydrogen-bond donors (Lipinski definition) is 0. The highest BCUT2D eigenvalue weighted by Crippen LogP contribution is 2.47. The van der Waals surface area contributed by atoms with Crippen LogP contribution in [0.3, 0.4) is 0 Å². The van der Waals surface area contributed by atoms with E-state index in [0.717, 1.165) is 18.2 Å². The van der Waals surface area contributed by atoms with E-state index in [9.17, 15) is 0 Å². The van der Waals surface area contributed by atoms with E-state index in [1.807, 2.05) is 6.07 Å². The first-order chi connectivity index (χ1) is 7.30. The van der Waals surface area contributed by atoms with Gasteiger partial charge in [-0.05, 0) is 24.0 Å². The van der Waals surface area contributed by atoms with Gasteiger partial charge in [-0.1, -0.05) is 52.3 Å². The average molecular weight is 262 g/mol. The fourth-order valence-electron chi connectivity index (χ4n) is 1.71. The minimum atomic E-state index is -0.168. The van der Waals surface area contributed by atoms with Crippen molar-refractivity contribution in [2.45, 2.75) is 18.3 Å². The number of allylic oxidation sites excluding steroid dienone is 1. The standard InChI is InChI=1S/C13H12BrN/c14-8-2-4-11-3-1-5-12(9-11)13(10-15)6-7-13/h1-5,9H,6-8H2. The second kappa shape index (κ2) is 4.20. The normalized spacial score (nSPS) is 17.6. The minimum absolute atomic E-state index is 0.168. The maximum Gasteiger partial charge on any atom is 0.0824 e. The van der Waals surface area contributed by atoms with Crippen LogP contribution in [0.2, 0.25) is 0 Å². The highest BCUT2D eigenvalue weighted by molar-refractivity contribution is 9.09. The van der Waals surface area contributed by atoms with Gasteiger partial charge in [-0.25, -0.2) is 0 Å². The van der Waals surface area contributed by atoms with Gasteiger partial charge in [0, 0.05) is 5.33 Å². The number of nitrogens with zero attached hydrogens (tertiary/aromatic N) is 1. The van der Waals surface area contributed by atoms with Crippen molar-refractivity contribution in [2.24, 2.45) is 0 Å². The molecule has 1 aliphatic carbocycles. The van der Waals surface area contributed by atoms with Gasteiger partial charge in [0.15, 0.2) is 0 Å². The van der Waals surface area contributed by atoms with Crippen LogP contribution < -0.4 is 0 Å². The Morgan fingerprint density at radius 2 is 2.27 bits per heavy atom. The molecule has 0 aliphatic heterocycles. The van der Waals surface area contributed by atoms with Crippen LogP contribution in [0, 0.1) is 11.3 Å². The summed E-state index contributed by atoms with van der Waals surface area (Å²) in [6, 6.07) is 10.7. The van der Waals surface area contributed by atoms with Crippen LogP contribution in [-0.4, -0.2) is 5.33 Å². The summed E-state index contributed by atoms with van der Waals surface area (Å²) in [5.74, 6) is 0. The SMILES string of the molecule is N#CC1(c2cccc(C=CCBr)c2)CC1. The van der Waals surface area contributed by atoms with Gasteiger partial charge in [-0.15, -0.1) is 0 Å². The lowest BCUT2D eigenvalue weighted by Gasteiger charge is -2.06. The topological polar surface area (TPSA) is 23.8 Å². The predicted molar refractivity (Wildman–Crippen MR) is 65.8 cm³/mol. The molecule has 0 saturated heterocycles. The molecule has 1 aromatic rings. The van der Waals surface area contributed by atoms with Crippen LogP contribution in [0.4, 0.5) is 0 Å². The van der Waals surface area contributed by atoms with E-state index >= 15 is 0 Å². The quantitative estimate of drug-likeness (QED) is 0.763. The molecular weight excluding hydrogens is 250 g/mol. The van der Waals surface area contributed by atoms with E-state index in [0.29, 0.717) is 0 Å². The zero-order chi connectivity index (χ0) is 10.7. The van der Waals surface area contributed by atoms with E-state index in [1.165, 1.54) is 11.1 Å². The molecule has 0 unspecified atom stereocenters. The van der Waals surface area contributed by atoms with Crippen LogP contribution in [0.15, 0.2) is 30.3 Å². The lowest BCUT2D eigenvalue weighted by atomic mass is 9.96. The maximum absolute atomic E-state index is 9.10. The van der Waals surface area contributed by atoms with Crippen LogP contribution in [0.5, 0.6) is 0 Å². The lowest BCUT2D eigenvalue weighted by molar-refractivity contribution is 0.908. The van der Waals surface area contributed by atoms with Gasteiger partial charge >= 0.3 is 0 Å². The Bertz CT molecular complexity index is 424. The van der Waals surface area contributed by atoms with E-state index in [2.05, 4.69) is 52.4 Å². The highest BCUT2D eigenvalue weighted by atomic mass is 79.9. The molecule has 76 valence electrons. The van der Waals surface area contributed by atoms with Crippen molar-refractivity contribution in [3.8, 4) is 6.07 Å². The number of halogens is 1. The third kappa shape index (κ3) is 2.13. The van der Waals surface area contributed by atoms with Gasteiger partial charge in [0.2, 0.25) is 0 Å². The molecule has 1 nitrogen and oxygen atoms in total. The number of rotatable bonds is 3. The van der Waals surface area contributed by atoms with E-state index in [4.69, 9.17) is 5.26 Å². The Labute approximate surface area is 98.6 Å². The molecule has 1 aliphatic rings. The third-order valence-corrected chi connectivity index (χ3v) is 3.18. The van der Waals surface area contributed by atoms with Crippen LogP contribution in [-0.2, 0) is 5.41 Å². The smallest absolute Gasteiger partial charge is 0.0824 e. The molecular formula is C13H12BrN. The summed E-state index contributed by atoms with van der Waals surface area (Å²) < 4.78 is 0. The van der Waals surface area contributed by atoms with Gasteiger partial charge in [0.05, 0.1) is 11.5 Å². The summed E-state index contributed by atoms with van der Waals surface area (Å²) in [4.78, 5) is 0. The van der Waals surface area contributed by atoms with Gasteiger partial charge in [0.25, 0.3) is 0 Å². The maximum atomic E-state index is 9.10. The number of nitriles is 1. The van der Waals surface area contributed by atoms with Crippen molar-refractivity contribution in [3.63, 3.8) is 0 Å². The van der Waals surface area contributed by atoms with Gasteiger partial charge < -0.3 is 0 Å². The molecule has 0 aromatic heterocycles. The van der Waals surface area contributed by atoms with E-state index < -0.39 is 0 Å². The predicted octanol–water partition coefficient (Wildman–Crippen LogP) is 3.65. The molecule has 0 amide bonds. The Morgan fingerprint density at radius 3 is 2.87 bits per heavy atom. The first-order valence-corrected chi connectivity index (χ1v) is 6.17. The number of benzene rings is 1. The Morgan fingerprint density at radius 1 is 1.47 bits per heavy atom. The monoisotopic (exact) mass is 261 g/mol. The van der Waals surface area contributed by atoms with Gasteiger partial charge in [-0.2, -0.15) is 5.26 Å². The molecule has 0 heterocycles. The second-order valence-electron chi connectivity index (χ2n) is 3.88. The molecule has 0 atom stereocenters. The summed E-state index contributed by atoms with van der Waals surface area (Å²) in [6.45, 7) is 0. The first-order valence-electron chi connectivity index (χ1n) is 5.05. The molecule has 1 saturated carbocycles. The van der Waals surface area contributed by atoms with Crippen LogP contribution >= 0.6 is 15.9 Å². The zero-order valence-corrected chi connectivity index (χ0v) is 10.00. The van der Waals surface area contributed by atoms with Crippen molar-refractivity contribution >= 4 is 22.0 Å². The Hall–Kier alpha value is -1.07. The van der Waals surface area contributed by atoms with Crippen molar-refractivity contribution in [1.29, 1.82) is 5.26 Å². The summed E-state index contributed by atoms with van der Waals surface area (Å²) in [5.41, 5.74) is 2.17. The van der Waals surface area contributed by atoms with Crippen molar-refractivity contribution in [3.05, 3.63) is 41.5 Å². The molecule has 0 radical (unpaired) electrons. The molecule has 15 heavy (non-hydrogen) atoms. The zero-order valence-electron chi connectivity index (χ0n) is 8.41. The number of alkyl halides is 1. The summed E-state index contributed by atoms with van der Waals surface area (Å²) in [6.07, 6.45) is 6.15. The summed E-state index contributed by atoms with van der Waals surface area (Å²) >= 11 is 3.35. The van der Waals surface area contributed by atoms with Crippen LogP contribution in [0.25, 0.3) is 6.08 Å². The summed E-state index contributed by atoms with van der Waals surface area (Å²) in [5, 5.41) is 9.96. The van der Waals surface area contributed by atoms with Gasteiger partial charge in [0.1, 0.15) is 0 Å².